The number of thiazole rings is 1. The minimum atomic E-state index is -0.425. The van der Waals surface area contributed by atoms with Gasteiger partial charge in [0.1, 0.15) is 0 Å². The normalized spacial score (nSPS) is 11.4. The first-order chi connectivity index (χ1) is 14.3. The van der Waals surface area contributed by atoms with Crippen LogP contribution in [0.4, 0.5) is 10.5 Å². The van der Waals surface area contributed by atoms with Gasteiger partial charge in [0.2, 0.25) is 0 Å². The summed E-state index contributed by atoms with van der Waals surface area (Å²) in [5, 5.41) is 1.94. The quantitative estimate of drug-likeness (QED) is 0.414. The summed E-state index contributed by atoms with van der Waals surface area (Å²) in [6, 6.07) is 28.0. The number of hydrogen-bond donors (Lipinski definition) is 0. The second-order valence-electron chi connectivity index (χ2n) is 6.33. The minimum Gasteiger partial charge on any atom is -0.449 e. The van der Waals surface area contributed by atoms with Crippen molar-refractivity contribution < 1.29 is 9.53 Å². The van der Waals surface area contributed by atoms with E-state index in [4.69, 9.17) is 4.74 Å². The van der Waals surface area contributed by atoms with Crippen LogP contribution in [0.15, 0.2) is 95.3 Å². The third-order valence-corrected chi connectivity index (χ3v) is 5.25. The molecular weight excluding hydrogens is 380 g/mol. The van der Waals surface area contributed by atoms with Crippen LogP contribution in [0.2, 0.25) is 0 Å². The van der Waals surface area contributed by atoms with Crippen molar-refractivity contribution in [2.45, 2.75) is 6.92 Å². The molecule has 0 saturated carbocycles. The van der Waals surface area contributed by atoms with Gasteiger partial charge < -0.3 is 4.74 Å². The summed E-state index contributed by atoms with van der Waals surface area (Å²) in [6.07, 6.45) is -0.425. The number of para-hydroxylation sites is 1. The van der Waals surface area contributed by atoms with E-state index in [0.29, 0.717) is 11.4 Å². The molecule has 0 radical (unpaired) electrons. The van der Waals surface area contributed by atoms with Crippen LogP contribution in [0, 0.1) is 0 Å². The molecule has 0 atom stereocenters. The number of carbonyl (C=O) groups excluding carboxylic acids is 1. The summed E-state index contributed by atoms with van der Waals surface area (Å²) >= 11 is 1.42. The molecule has 5 heteroatoms. The van der Waals surface area contributed by atoms with Gasteiger partial charge in [0.05, 0.1) is 18.0 Å². The molecule has 3 aromatic carbocycles. The highest BCUT2D eigenvalue weighted by molar-refractivity contribution is 7.07. The Labute approximate surface area is 173 Å². The van der Waals surface area contributed by atoms with Crippen LogP contribution in [-0.2, 0) is 4.74 Å². The zero-order chi connectivity index (χ0) is 20.1. The highest BCUT2D eigenvalue weighted by Gasteiger charge is 2.16. The van der Waals surface area contributed by atoms with Gasteiger partial charge in [0, 0.05) is 5.38 Å². The number of carbonyl (C=O) groups is 1. The topological polar surface area (TPSA) is 43.6 Å². The van der Waals surface area contributed by atoms with E-state index in [0.717, 1.165) is 28.1 Å². The van der Waals surface area contributed by atoms with Gasteiger partial charge in [0.25, 0.3) is 0 Å². The Balaban J connectivity index is 1.77. The molecule has 4 rings (SSSR count). The first-order valence-electron chi connectivity index (χ1n) is 9.39. The van der Waals surface area contributed by atoms with E-state index in [-0.39, 0.29) is 0 Å². The fraction of sp³-hybridized carbons (Fsp3) is 0.0833. The molecule has 0 bridgehead atoms. The maximum absolute atomic E-state index is 12.7. The van der Waals surface area contributed by atoms with Crippen LogP contribution >= 0.6 is 11.3 Å². The lowest BCUT2D eigenvalue weighted by molar-refractivity contribution is 0.153. The molecule has 0 aliphatic rings. The molecule has 0 spiro atoms. The lowest BCUT2D eigenvalue weighted by Gasteiger charge is -2.09. The SMILES string of the molecule is CCOC(=O)n1c(-c2ccc(-c3ccccc3)cc2)csc1=Nc1ccccc1. The van der Waals surface area contributed by atoms with Crippen LogP contribution in [0.5, 0.6) is 0 Å². The van der Waals surface area contributed by atoms with Crippen LogP contribution in [0.3, 0.4) is 0 Å². The molecule has 0 amide bonds. The van der Waals surface area contributed by atoms with Gasteiger partial charge in [-0.1, -0.05) is 72.8 Å². The summed E-state index contributed by atoms with van der Waals surface area (Å²) in [5.41, 5.74) is 4.77. The lowest BCUT2D eigenvalue weighted by Crippen LogP contribution is -2.25. The Bertz CT molecular complexity index is 1160. The van der Waals surface area contributed by atoms with Crippen LogP contribution in [-0.4, -0.2) is 17.3 Å². The predicted octanol–water partition coefficient (Wildman–Crippen LogP) is 6.12. The van der Waals surface area contributed by atoms with Crippen LogP contribution in [0.1, 0.15) is 6.92 Å². The Morgan fingerprint density at radius 1 is 0.862 bits per heavy atom. The number of nitrogens with zero attached hydrogens (tertiary/aromatic N) is 2. The summed E-state index contributed by atoms with van der Waals surface area (Å²) in [4.78, 5) is 17.9. The van der Waals surface area contributed by atoms with Gasteiger partial charge in [-0.25, -0.2) is 14.4 Å². The zero-order valence-electron chi connectivity index (χ0n) is 16.0. The van der Waals surface area contributed by atoms with E-state index < -0.39 is 6.09 Å². The highest BCUT2D eigenvalue weighted by Crippen LogP contribution is 2.25. The van der Waals surface area contributed by atoms with Crippen LogP contribution in [0.25, 0.3) is 22.4 Å². The average Bonchev–Trinajstić information content (AvgIpc) is 3.19. The summed E-state index contributed by atoms with van der Waals surface area (Å²) in [6.45, 7) is 2.10. The Kier molecular flexibility index (Phi) is 5.68. The minimum absolute atomic E-state index is 0.304. The van der Waals surface area contributed by atoms with Crippen molar-refractivity contribution in [2.24, 2.45) is 4.99 Å². The van der Waals surface area contributed by atoms with Gasteiger partial charge >= 0.3 is 6.09 Å². The number of benzene rings is 3. The molecule has 0 saturated heterocycles. The predicted molar refractivity (Wildman–Crippen MR) is 117 cm³/mol. The van der Waals surface area contributed by atoms with Gasteiger partial charge in [-0.2, -0.15) is 0 Å². The number of rotatable bonds is 4. The van der Waals surface area contributed by atoms with E-state index in [2.05, 4.69) is 29.3 Å². The van der Waals surface area contributed by atoms with Crippen molar-refractivity contribution in [3.8, 4) is 22.4 Å². The number of hydrogen-bond acceptors (Lipinski definition) is 4. The van der Waals surface area contributed by atoms with Crippen molar-refractivity contribution in [3.05, 3.63) is 95.1 Å². The van der Waals surface area contributed by atoms with E-state index in [1.807, 2.05) is 66.0 Å². The smallest absolute Gasteiger partial charge is 0.420 e. The zero-order valence-corrected chi connectivity index (χ0v) is 16.8. The van der Waals surface area contributed by atoms with Crippen molar-refractivity contribution in [1.29, 1.82) is 0 Å². The third kappa shape index (κ3) is 4.20. The Morgan fingerprint density at radius 3 is 2.10 bits per heavy atom. The fourth-order valence-electron chi connectivity index (χ4n) is 3.03. The molecular formula is C24H20N2O2S. The summed E-state index contributed by atoms with van der Waals surface area (Å²) < 4.78 is 6.83. The molecule has 1 heterocycles. The molecule has 0 aliphatic carbocycles. The fourth-order valence-corrected chi connectivity index (χ4v) is 3.93. The summed E-state index contributed by atoms with van der Waals surface area (Å²) in [7, 11) is 0. The monoisotopic (exact) mass is 400 g/mol. The molecule has 0 unspecified atom stereocenters. The Morgan fingerprint density at radius 2 is 1.45 bits per heavy atom. The van der Waals surface area contributed by atoms with E-state index in [1.54, 1.807) is 11.5 Å². The number of aromatic nitrogens is 1. The largest absolute Gasteiger partial charge is 0.449 e. The van der Waals surface area contributed by atoms with E-state index in [9.17, 15) is 4.79 Å². The van der Waals surface area contributed by atoms with Crippen molar-refractivity contribution >= 4 is 23.1 Å². The summed E-state index contributed by atoms with van der Waals surface area (Å²) in [5.74, 6) is 0. The molecule has 144 valence electrons. The molecule has 0 aliphatic heterocycles. The van der Waals surface area contributed by atoms with Crippen molar-refractivity contribution in [2.75, 3.05) is 6.61 Å². The first kappa shape index (κ1) is 18.9. The van der Waals surface area contributed by atoms with Gasteiger partial charge in [-0.15, -0.1) is 11.3 Å². The average molecular weight is 401 g/mol. The van der Waals surface area contributed by atoms with Crippen molar-refractivity contribution in [3.63, 3.8) is 0 Å². The molecule has 1 aromatic heterocycles. The first-order valence-corrected chi connectivity index (χ1v) is 10.3. The van der Waals surface area contributed by atoms with E-state index in [1.165, 1.54) is 11.3 Å². The second-order valence-corrected chi connectivity index (χ2v) is 7.17. The third-order valence-electron chi connectivity index (χ3n) is 4.43. The van der Waals surface area contributed by atoms with Gasteiger partial charge in [-0.05, 0) is 35.7 Å². The van der Waals surface area contributed by atoms with Gasteiger partial charge in [-0.3, -0.25) is 0 Å². The van der Waals surface area contributed by atoms with Crippen LogP contribution < -0.4 is 4.80 Å². The molecule has 29 heavy (non-hydrogen) atoms. The Hall–Kier alpha value is -3.44. The van der Waals surface area contributed by atoms with E-state index >= 15 is 0 Å². The lowest BCUT2D eigenvalue weighted by atomic mass is 10.0. The molecule has 4 aromatic rings. The number of ether oxygens (including phenoxy) is 1. The molecule has 0 fully saturated rings. The standard InChI is InChI=1S/C24H20N2O2S/c1-2-28-24(27)26-22(17-29-23(26)25-21-11-7-4-8-12-21)20-15-13-19(14-16-20)18-9-5-3-6-10-18/h3-17H,2H2,1H3. The maximum Gasteiger partial charge on any atom is 0.420 e. The second kappa shape index (κ2) is 8.71. The molecule has 0 N–H and O–H groups in total. The maximum atomic E-state index is 12.7. The van der Waals surface area contributed by atoms with Crippen molar-refractivity contribution in [1.82, 2.24) is 4.57 Å². The van der Waals surface area contributed by atoms with Gasteiger partial charge in [0.15, 0.2) is 4.80 Å². The highest BCUT2D eigenvalue weighted by atomic mass is 32.1. The molecule has 4 nitrogen and oxygen atoms in total.